The van der Waals surface area contributed by atoms with Crippen LogP contribution in [-0.2, 0) is 60.7 Å². The number of ether oxygens (including phenoxy) is 1. The molecule has 0 aliphatic carbocycles. The Balaban J connectivity index is 1.52. The van der Waals surface area contributed by atoms with Crippen molar-refractivity contribution in [3.8, 4) is 11.1 Å². The van der Waals surface area contributed by atoms with Crippen molar-refractivity contribution in [3.63, 3.8) is 0 Å². The van der Waals surface area contributed by atoms with E-state index in [1.807, 2.05) is 94.4 Å². The highest BCUT2D eigenvalue weighted by atomic mass is 16.6. The Labute approximate surface area is 526 Å². The van der Waals surface area contributed by atoms with E-state index in [9.17, 15) is 19.5 Å². The number of likely N-dealkylation sites (N-methyl/N-ethyl adjacent to an activating group) is 4. The number of cyclic esters (lactones) is 1. The fourth-order valence-corrected chi connectivity index (χ4v) is 12.5. The number of rotatable bonds is 14. The minimum Gasteiger partial charge on any atom is -0.450 e. The summed E-state index contributed by atoms with van der Waals surface area (Å²) in [5.41, 5.74) is 1.14. The minimum absolute atomic E-state index is 0.0179. The predicted octanol–water partition coefficient (Wildman–Crippen LogP) is 6.59. The summed E-state index contributed by atoms with van der Waals surface area (Å²) in [6.45, 7) is 20.6. The molecule has 2 aliphatic heterocycles. The Morgan fingerprint density at radius 3 is 1.78 bits per heavy atom. The van der Waals surface area contributed by atoms with Crippen LogP contribution in [0, 0.1) is 29.6 Å². The molecule has 0 spiro atoms. The normalized spacial score (nSPS) is 24.9. The molecule has 6 rings (SSSR count). The quantitative estimate of drug-likeness (QED) is 0.0978. The molecule has 2 aliphatic rings. The second-order valence-corrected chi connectivity index (χ2v) is 26.3. The van der Waals surface area contributed by atoms with Crippen LogP contribution in [0.5, 0.6) is 0 Å². The zero-order valence-corrected chi connectivity index (χ0v) is 55.1. The fourth-order valence-electron chi connectivity index (χ4n) is 12.5. The zero-order chi connectivity index (χ0) is 65.9. The number of carbonyl (C=O) groups is 9. The number of hydrogen-bond acceptors (Lipinski definition) is 12. The molecule has 0 radical (unpaired) electrons. The molecule has 4 N–H and O–H groups in total. The van der Waals surface area contributed by atoms with E-state index in [1.54, 1.807) is 66.1 Å². The first-order valence-electron chi connectivity index (χ1n) is 31.6. The molecule has 11 atom stereocenters. The molecule has 20 nitrogen and oxygen atoms in total. The molecule has 2 fully saturated rings. The number of pyridine rings is 1. The van der Waals surface area contributed by atoms with Crippen LogP contribution in [0.4, 0.5) is 0 Å². The maximum Gasteiger partial charge on any atom is 0.332 e. The predicted molar refractivity (Wildman–Crippen MR) is 342 cm³/mol. The van der Waals surface area contributed by atoms with E-state index in [2.05, 4.69) is 20.9 Å². The van der Waals surface area contributed by atoms with Crippen molar-refractivity contribution < 1.29 is 53.0 Å². The SMILES string of the molecule is CC[C@H](C)[C@@H]1NC(=O)[C@@H]2CCCN2C(=O)[C@H](Cc2cccc(-c3ccc4cnccc4c3)c2)N(C)C(=O)[C@H](Cc2ccccc2)NC(=O)[C@H](C(C)C)N(C)C(=O)[C@@H]([C@@H](C)CC)OC(=O)[C@H](C(C)(C)O)N(C)C(=O)[C@H](CC(C)C)NC(=O)[C@H](C(C)C)N(C)C1=O. The van der Waals surface area contributed by atoms with E-state index in [0.29, 0.717) is 30.4 Å². The van der Waals surface area contributed by atoms with Gasteiger partial charge >= 0.3 is 5.97 Å². The Morgan fingerprint density at radius 2 is 1.18 bits per heavy atom. The summed E-state index contributed by atoms with van der Waals surface area (Å²) in [6.07, 6.45) is 3.41. The minimum atomic E-state index is -1.99. The Bertz CT molecular complexity index is 3160. The van der Waals surface area contributed by atoms with Gasteiger partial charge in [0.15, 0.2) is 12.1 Å². The van der Waals surface area contributed by atoms with Crippen LogP contribution in [0.15, 0.2) is 91.3 Å². The summed E-state index contributed by atoms with van der Waals surface area (Å²) >= 11 is 0. The van der Waals surface area contributed by atoms with Gasteiger partial charge in [-0.25, -0.2) is 4.79 Å². The second-order valence-electron chi connectivity index (χ2n) is 26.3. The molecule has 20 heteroatoms. The number of fused-ring (bicyclic) bond motifs is 2. The lowest BCUT2D eigenvalue weighted by molar-refractivity contribution is -0.177. The number of aromatic nitrogens is 1. The molecule has 4 aromatic rings. The van der Waals surface area contributed by atoms with Gasteiger partial charge in [-0.2, -0.15) is 0 Å². The van der Waals surface area contributed by atoms with Gasteiger partial charge in [0, 0.05) is 71.3 Å². The lowest BCUT2D eigenvalue weighted by Crippen LogP contribution is -2.63. The molecule has 0 saturated carbocycles. The van der Waals surface area contributed by atoms with Gasteiger partial charge in [-0.15, -0.1) is 0 Å². The Morgan fingerprint density at radius 1 is 0.596 bits per heavy atom. The molecular weight excluding hydrogens is 1130 g/mol. The van der Waals surface area contributed by atoms with Crippen LogP contribution in [0.2, 0.25) is 0 Å². The van der Waals surface area contributed by atoms with Crippen molar-refractivity contribution in [1.29, 1.82) is 0 Å². The highest BCUT2D eigenvalue weighted by Crippen LogP contribution is 2.30. The summed E-state index contributed by atoms with van der Waals surface area (Å²) < 4.78 is 6.14. The van der Waals surface area contributed by atoms with E-state index in [0.717, 1.165) is 26.8 Å². The maximum absolute atomic E-state index is 15.8. The van der Waals surface area contributed by atoms with E-state index < -0.39 is 137 Å². The Kier molecular flexibility index (Phi) is 24.2. The van der Waals surface area contributed by atoms with Gasteiger partial charge in [0.2, 0.25) is 41.4 Å². The summed E-state index contributed by atoms with van der Waals surface area (Å²) in [6, 6.07) is 14.3. The number of carbonyl (C=O) groups excluding carboxylic acids is 9. The average Bonchev–Trinajstić information content (AvgIpc) is 2.39. The highest BCUT2D eigenvalue weighted by Gasteiger charge is 2.48. The van der Waals surface area contributed by atoms with Crippen molar-refractivity contribution in [3.05, 3.63) is 102 Å². The number of nitrogens with zero attached hydrogens (tertiary/aromatic N) is 6. The zero-order valence-electron chi connectivity index (χ0n) is 55.1. The smallest absolute Gasteiger partial charge is 0.332 e. The van der Waals surface area contributed by atoms with Crippen molar-refractivity contribution in [2.45, 2.75) is 188 Å². The number of benzene rings is 3. The first kappa shape index (κ1) is 70.3. The average molecular weight is 1230 g/mol. The second kappa shape index (κ2) is 30.6. The molecule has 89 heavy (non-hydrogen) atoms. The van der Waals surface area contributed by atoms with Crippen LogP contribution in [0.25, 0.3) is 21.9 Å². The number of amides is 8. The topological polar surface area (TPSA) is 248 Å². The van der Waals surface area contributed by atoms with Crippen molar-refractivity contribution in [1.82, 2.24) is 45.4 Å². The molecule has 8 amide bonds. The molecule has 1 aromatic heterocycles. The van der Waals surface area contributed by atoms with Crippen molar-refractivity contribution in [2.75, 3.05) is 34.7 Å². The summed E-state index contributed by atoms with van der Waals surface area (Å²) in [4.78, 5) is 147. The van der Waals surface area contributed by atoms with Crippen LogP contribution < -0.4 is 16.0 Å². The van der Waals surface area contributed by atoms with Gasteiger partial charge in [0.1, 0.15) is 42.3 Å². The summed E-state index contributed by atoms with van der Waals surface area (Å²) in [7, 11) is 5.69. The number of nitrogens with one attached hydrogen (secondary N) is 3. The number of hydrogen-bond donors (Lipinski definition) is 4. The van der Waals surface area contributed by atoms with E-state index >= 15 is 28.8 Å². The molecule has 3 heterocycles. The molecule has 3 aromatic carbocycles. The standard InChI is InChI=1S/C69H97N9O11/c1-17-43(9)55-66(85)75(14)56(41(5)6)61(80)71-51(34-40(3)4)64(83)77(16)59(69(11,12)88)68(87)89-58(44(10)18-2)67(86)76(15)57(42(7)8)62(81)72-52(36-45-24-20-19-21-25-45)63(82)74(13)54(65(84)78-33-23-28-53(78)60(79)73-55)37-46-26-22-27-47(35-46)48-29-30-50-39-70-32-31-49(50)38-48/h19-22,24-27,29-32,35,38-44,51-59,88H,17-18,23,28,33-34,36-37H2,1-16H3,(H,71,80)(H,72,81)(H,73,79)/t43-,44-,51-,52-,53-,54-,55-,56-,57-,58+,59+/m0/s1. The van der Waals surface area contributed by atoms with Crippen LogP contribution in [0.3, 0.4) is 0 Å². The first-order chi connectivity index (χ1) is 41.9. The van der Waals surface area contributed by atoms with Crippen molar-refractivity contribution in [2.24, 2.45) is 29.6 Å². The third-order valence-corrected chi connectivity index (χ3v) is 17.9. The first-order valence-corrected chi connectivity index (χ1v) is 31.6. The van der Waals surface area contributed by atoms with Gasteiger partial charge in [-0.3, -0.25) is 43.3 Å². The molecular formula is C69H97N9O11. The molecule has 484 valence electrons. The van der Waals surface area contributed by atoms with Crippen molar-refractivity contribution >= 4 is 64.0 Å². The summed E-state index contributed by atoms with van der Waals surface area (Å²) in [5, 5.41) is 22.6. The van der Waals surface area contributed by atoms with E-state index in [1.165, 1.54) is 61.6 Å². The largest absolute Gasteiger partial charge is 0.450 e. The fraction of sp³-hybridized carbons (Fsp3) is 0.565. The summed E-state index contributed by atoms with van der Waals surface area (Å²) in [5.74, 6) is -8.86. The Hall–Kier alpha value is -7.74. The van der Waals surface area contributed by atoms with Gasteiger partial charge in [0.25, 0.3) is 5.91 Å². The molecule has 0 bridgehead atoms. The van der Waals surface area contributed by atoms with Crippen LogP contribution >= 0.6 is 0 Å². The maximum atomic E-state index is 15.8. The van der Waals surface area contributed by atoms with Crippen LogP contribution in [0.1, 0.15) is 126 Å². The van der Waals surface area contributed by atoms with E-state index in [4.69, 9.17) is 4.74 Å². The third kappa shape index (κ3) is 17.0. The third-order valence-electron chi connectivity index (χ3n) is 17.9. The van der Waals surface area contributed by atoms with Gasteiger partial charge in [-0.1, -0.05) is 142 Å². The van der Waals surface area contributed by atoms with E-state index in [-0.39, 0.29) is 38.1 Å². The lowest BCUT2D eigenvalue weighted by atomic mass is 9.93. The molecule has 0 unspecified atom stereocenters. The lowest BCUT2D eigenvalue weighted by Gasteiger charge is -2.39. The molecule has 2 saturated heterocycles. The van der Waals surface area contributed by atoms with Gasteiger partial charge in [0.05, 0.1) is 5.60 Å². The van der Waals surface area contributed by atoms with Gasteiger partial charge < -0.3 is 50.3 Å². The highest BCUT2D eigenvalue weighted by molar-refractivity contribution is 5.99. The number of esters is 1. The monoisotopic (exact) mass is 1230 g/mol. The van der Waals surface area contributed by atoms with Gasteiger partial charge in [-0.05, 0) is 103 Å². The number of aliphatic hydroxyl groups is 1. The van der Waals surface area contributed by atoms with Crippen LogP contribution in [-0.4, -0.2) is 183 Å².